The van der Waals surface area contributed by atoms with E-state index in [9.17, 15) is 13.2 Å². The average Bonchev–Trinajstić information content (AvgIpc) is 3.14. The summed E-state index contributed by atoms with van der Waals surface area (Å²) in [7, 11) is 0. The van der Waals surface area contributed by atoms with Crippen LogP contribution in [0.3, 0.4) is 0 Å². The summed E-state index contributed by atoms with van der Waals surface area (Å²) >= 11 is 6.26. The number of rotatable bonds is 3. The molecule has 0 amide bonds. The second kappa shape index (κ2) is 8.78. The number of hydrogen-bond donors (Lipinski definition) is 0. The molecule has 0 saturated carbocycles. The number of nitrogens with zero attached hydrogens (tertiary/aromatic N) is 6. The highest BCUT2D eigenvalue weighted by Gasteiger charge is 2.52. The summed E-state index contributed by atoms with van der Waals surface area (Å²) in [6.45, 7) is 6.20. The minimum absolute atomic E-state index is 0.0395. The maximum absolute atomic E-state index is 14.0. The van der Waals surface area contributed by atoms with Gasteiger partial charge >= 0.3 is 6.18 Å². The summed E-state index contributed by atoms with van der Waals surface area (Å²) in [5, 5.41) is 9.40. The van der Waals surface area contributed by atoms with E-state index >= 15 is 0 Å². The zero-order valence-corrected chi connectivity index (χ0v) is 20.7. The van der Waals surface area contributed by atoms with Crippen molar-refractivity contribution in [2.45, 2.75) is 64.3 Å². The van der Waals surface area contributed by atoms with Gasteiger partial charge in [0.25, 0.3) is 0 Å². The summed E-state index contributed by atoms with van der Waals surface area (Å²) in [6.07, 6.45) is -2.69. The number of alkyl halides is 3. The van der Waals surface area contributed by atoms with E-state index in [2.05, 4.69) is 20.1 Å². The molecule has 0 aliphatic carbocycles. The van der Waals surface area contributed by atoms with E-state index in [4.69, 9.17) is 11.6 Å². The average molecular weight is 505 g/mol. The van der Waals surface area contributed by atoms with E-state index in [1.54, 1.807) is 12.1 Å². The van der Waals surface area contributed by atoms with Crippen molar-refractivity contribution in [3.63, 3.8) is 0 Å². The van der Waals surface area contributed by atoms with Crippen molar-refractivity contribution in [3.8, 4) is 5.69 Å². The Morgan fingerprint density at radius 2 is 1.74 bits per heavy atom. The SMILES string of the molecule is Cc1cccc(N2CCC(c3nnc4n3-c3ccc(Cl)cc3CN(C(C)(C)C(F)(F)F)C4)CC2)n1. The van der Waals surface area contributed by atoms with Crippen molar-refractivity contribution in [2.24, 2.45) is 0 Å². The van der Waals surface area contributed by atoms with Gasteiger partial charge in [-0.3, -0.25) is 9.47 Å². The van der Waals surface area contributed by atoms with Gasteiger partial charge in [-0.25, -0.2) is 4.98 Å². The highest BCUT2D eigenvalue weighted by molar-refractivity contribution is 6.30. The Morgan fingerprint density at radius 3 is 2.43 bits per heavy atom. The summed E-state index contributed by atoms with van der Waals surface area (Å²) in [4.78, 5) is 8.32. The maximum atomic E-state index is 14.0. The zero-order chi connectivity index (χ0) is 25.0. The van der Waals surface area contributed by atoms with Crippen molar-refractivity contribution >= 4 is 17.4 Å². The molecule has 2 aliphatic rings. The summed E-state index contributed by atoms with van der Waals surface area (Å²) in [5.74, 6) is 2.42. The third-order valence-electron chi connectivity index (χ3n) is 7.27. The predicted octanol–water partition coefficient (Wildman–Crippen LogP) is 5.66. The first-order valence-electron chi connectivity index (χ1n) is 11.8. The molecule has 4 heterocycles. The van der Waals surface area contributed by atoms with E-state index in [1.165, 1.54) is 18.7 Å². The molecule has 10 heteroatoms. The molecule has 3 aromatic rings. The van der Waals surface area contributed by atoms with E-state index in [1.807, 2.05) is 35.8 Å². The Bertz CT molecular complexity index is 1230. The van der Waals surface area contributed by atoms with Crippen LogP contribution in [0.1, 0.15) is 55.5 Å². The molecule has 0 atom stereocenters. The minimum atomic E-state index is -4.40. The molecule has 0 radical (unpaired) electrons. The van der Waals surface area contributed by atoms with Crippen LogP contribution in [-0.2, 0) is 13.1 Å². The molecule has 6 nitrogen and oxygen atoms in total. The third kappa shape index (κ3) is 4.40. The fourth-order valence-electron chi connectivity index (χ4n) is 4.94. The number of anilines is 1. The van der Waals surface area contributed by atoms with Crippen LogP contribution < -0.4 is 4.90 Å². The van der Waals surface area contributed by atoms with Gasteiger partial charge < -0.3 is 4.90 Å². The minimum Gasteiger partial charge on any atom is -0.357 e. The van der Waals surface area contributed by atoms with Crippen molar-refractivity contribution in [1.29, 1.82) is 0 Å². The molecule has 35 heavy (non-hydrogen) atoms. The van der Waals surface area contributed by atoms with Crippen LogP contribution in [0.15, 0.2) is 36.4 Å². The van der Waals surface area contributed by atoms with E-state index in [0.717, 1.165) is 54.5 Å². The first-order valence-corrected chi connectivity index (χ1v) is 12.2. The number of aromatic nitrogens is 4. The van der Waals surface area contributed by atoms with Gasteiger partial charge in [0.1, 0.15) is 17.2 Å². The van der Waals surface area contributed by atoms with Crippen molar-refractivity contribution in [2.75, 3.05) is 18.0 Å². The number of aryl methyl sites for hydroxylation is 1. The predicted molar refractivity (Wildman–Crippen MR) is 129 cm³/mol. The van der Waals surface area contributed by atoms with Gasteiger partial charge in [0.15, 0.2) is 5.82 Å². The highest BCUT2D eigenvalue weighted by atomic mass is 35.5. The van der Waals surface area contributed by atoms with E-state index in [-0.39, 0.29) is 19.0 Å². The number of hydrogen-bond acceptors (Lipinski definition) is 5. The van der Waals surface area contributed by atoms with Gasteiger partial charge in [-0.15, -0.1) is 10.2 Å². The Balaban J connectivity index is 1.48. The highest BCUT2D eigenvalue weighted by Crippen LogP contribution is 2.40. The van der Waals surface area contributed by atoms with Crippen molar-refractivity contribution in [1.82, 2.24) is 24.6 Å². The van der Waals surface area contributed by atoms with Gasteiger partial charge in [0.2, 0.25) is 0 Å². The lowest BCUT2D eigenvalue weighted by Crippen LogP contribution is -2.53. The quantitative estimate of drug-likeness (QED) is 0.460. The molecule has 0 bridgehead atoms. The van der Waals surface area contributed by atoms with Crippen LogP contribution in [-0.4, -0.2) is 49.5 Å². The van der Waals surface area contributed by atoms with Crippen LogP contribution in [0.4, 0.5) is 19.0 Å². The number of pyridine rings is 1. The van der Waals surface area contributed by atoms with Crippen LogP contribution in [0.5, 0.6) is 0 Å². The van der Waals surface area contributed by atoms with Crippen LogP contribution in [0.25, 0.3) is 5.69 Å². The Morgan fingerprint density at radius 1 is 1.00 bits per heavy atom. The molecule has 5 rings (SSSR count). The van der Waals surface area contributed by atoms with Gasteiger partial charge in [0, 0.05) is 36.3 Å². The van der Waals surface area contributed by atoms with Crippen LogP contribution in [0, 0.1) is 6.92 Å². The standard InChI is InChI=1S/C25H28ClF3N6/c1-16-5-4-6-21(30-16)33-11-9-17(10-12-33)23-32-31-22-15-34(24(2,3)25(27,28)29)14-18-13-19(26)7-8-20(18)35(22)23/h4-8,13,17H,9-12,14-15H2,1-3H3. The zero-order valence-electron chi connectivity index (χ0n) is 20.0. The molecular weight excluding hydrogens is 477 g/mol. The summed E-state index contributed by atoms with van der Waals surface area (Å²) in [5.41, 5.74) is 0.470. The molecule has 2 aliphatic heterocycles. The second-order valence-corrected chi connectivity index (χ2v) is 10.3. The van der Waals surface area contributed by atoms with Gasteiger partial charge in [-0.1, -0.05) is 17.7 Å². The monoisotopic (exact) mass is 504 g/mol. The number of fused-ring (bicyclic) bond motifs is 3. The van der Waals surface area contributed by atoms with E-state index in [0.29, 0.717) is 10.8 Å². The molecule has 1 saturated heterocycles. The van der Waals surface area contributed by atoms with Crippen molar-refractivity contribution < 1.29 is 13.2 Å². The Hall–Kier alpha value is -2.65. The topological polar surface area (TPSA) is 50.1 Å². The molecule has 0 unspecified atom stereocenters. The van der Waals surface area contributed by atoms with Crippen LogP contribution in [0.2, 0.25) is 5.02 Å². The fourth-order valence-corrected chi connectivity index (χ4v) is 5.13. The van der Waals surface area contributed by atoms with Gasteiger partial charge in [-0.05, 0) is 69.5 Å². The number of benzene rings is 1. The first-order chi connectivity index (χ1) is 16.5. The molecule has 1 fully saturated rings. The molecule has 1 aromatic carbocycles. The summed E-state index contributed by atoms with van der Waals surface area (Å²) in [6, 6.07) is 11.4. The lowest BCUT2D eigenvalue weighted by Gasteiger charge is -2.38. The summed E-state index contributed by atoms with van der Waals surface area (Å²) < 4.78 is 43.8. The maximum Gasteiger partial charge on any atom is 0.406 e. The van der Waals surface area contributed by atoms with Crippen LogP contribution >= 0.6 is 11.6 Å². The van der Waals surface area contributed by atoms with Crippen molar-refractivity contribution in [3.05, 3.63) is 64.3 Å². The molecule has 0 N–H and O–H groups in total. The Labute approximate surface area is 207 Å². The fraction of sp³-hybridized carbons (Fsp3) is 0.480. The third-order valence-corrected chi connectivity index (χ3v) is 7.51. The van der Waals surface area contributed by atoms with Gasteiger partial charge in [-0.2, -0.15) is 13.2 Å². The molecule has 186 valence electrons. The normalized spacial score (nSPS) is 17.7. The molecule has 2 aromatic heterocycles. The number of piperidine rings is 1. The lowest BCUT2D eigenvalue weighted by molar-refractivity contribution is -0.224. The lowest BCUT2D eigenvalue weighted by atomic mass is 9.95. The van der Waals surface area contributed by atoms with E-state index < -0.39 is 11.7 Å². The largest absolute Gasteiger partial charge is 0.406 e. The number of halogens is 4. The molecular formula is C25H28ClF3N6. The first kappa shape index (κ1) is 24.1. The molecule has 0 spiro atoms. The van der Waals surface area contributed by atoms with Gasteiger partial charge in [0.05, 0.1) is 12.2 Å². The smallest absolute Gasteiger partial charge is 0.357 e. The second-order valence-electron chi connectivity index (χ2n) is 9.89. The Kier molecular flexibility index (Phi) is 6.04.